The molecule has 0 aliphatic heterocycles. The van der Waals surface area contributed by atoms with E-state index in [9.17, 15) is 9.59 Å². The van der Waals surface area contributed by atoms with Crippen LogP contribution in [0.1, 0.15) is 144 Å². The molecule has 0 spiro atoms. The van der Waals surface area contributed by atoms with Crippen LogP contribution >= 0.6 is 0 Å². The summed E-state index contributed by atoms with van der Waals surface area (Å²) in [6, 6.07) is 0. The molecule has 0 aromatic carbocycles. The highest BCUT2D eigenvalue weighted by Gasteiger charge is 2.22. The molecule has 2 unspecified atom stereocenters. The lowest BCUT2D eigenvalue weighted by molar-refractivity contribution is -0.146. The Hall–Kier alpha value is -1.06. The largest absolute Gasteiger partial charge is 0.466 e. The zero-order valence-electron chi connectivity index (χ0n) is 23.0. The van der Waals surface area contributed by atoms with Crippen molar-refractivity contribution in [3.63, 3.8) is 0 Å². The Morgan fingerprint density at radius 1 is 0.636 bits per heavy atom. The third-order valence-corrected chi connectivity index (χ3v) is 6.95. The molecular weight excluding hydrogens is 410 g/mol. The summed E-state index contributed by atoms with van der Waals surface area (Å²) >= 11 is 0. The van der Waals surface area contributed by atoms with E-state index in [1.165, 1.54) is 70.6 Å². The van der Waals surface area contributed by atoms with Crippen molar-refractivity contribution in [1.29, 1.82) is 0 Å². The molecule has 0 aliphatic carbocycles. The molecule has 0 saturated heterocycles. The van der Waals surface area contributed by atoms with Gasteiger partial charge in [0, 0.05) is 19.5 Å². The third-order valence-electron chi connectivity index (χ3n) is 6.95. The number of amides is 1. The molecule has 1 amide bonds. The molecule has 0 heterocycles. The fraction of sp³-hybridized carbons (Fsp3) is 0.931. The van der Waals surface area contributed by atoms with Crippen molar-refractivity contribution in [3.05, 3.63) is 0 Å². The molecule has 0 aliphatic rings. The van der Waals surface area contributed by atoms with E-state index in [0.717, 1.165) is 38.8 Å². The zero-order chi connectivity index (χ0) is 24.7. The number of hydrogen-bond donors (Lipinski definition) is 0. The molecule has 2 atom stereocenters. The monoisotopic (exact) mass is 467 g/mol. The molecular formula is C29H57NO3. The molecule has 0 saturated carbocycles. The minimum absolute atomic E-state index is 0.132. The Kier molecular flexibility index (Phi) is 22.0. The molecule has 0 bridgehead atoms. The average molecular weight is 468 g/mol. The maximum atomic E-state index is 13.1. The first-order valence-electron chi connectivity index (χ1n) is 14.4. The van der Waals surface area contributed by atoms with Crippen molar-refractivity contribution in [2.75, 3.05) is 19.7 Å². The second-order valence-electron chi connectivity index (χ2n) is 9.97. The molecule has 0 N–H and O–H groups in total. The number of unbranched alkanes of at least 4 members (excludes halogenated alkanes) is 8. The molecule has 196 valence electrons. The van der Waals surface area contributed by atoms with Gasteiger partial charge in [0.2, 0.25) is 5.91 Å². The highest BCUT2D eigenvalue weighted by molar-refractivity contribution is 5.81. The van der Waals surface area contributed by atoms with Gasteiger partial charge < -0.3 is 9.64 Å². The van der Waals surface area contributed by atoms with Gasteiger partial charge in [-0.2, -0.15) is 0 Å². The van der Waals surface area contributed by atoms with Crippen LogP contribution < -0.4 is 0 Å². The average Bonchev–Trinajstić information content (AvgIpc) is 2.83. The van der Waals surface area contributed by atoms with E-state index < -0.39 is 0 Å². The quantitative estimate of drug-likeness (QED) is 0.112. The van der Waals surface area contributed by atoms with Crippen molar-refractivity contribution in [2.45, 2.75) is 144 Å². The summed E-state index contributed by atoms with van der Waals surface area (Å²) in [5.74, 6) is 1.03. The Labute approximate surface area is 206 Å². The van der Waals surface area contributed by atoms with Crippen LogP contribution in [0.3, 0.4) is 0 Å². The van der Waals surface area contributed by atoms with E-state index in [2.05, 4.69) is 39.5 Å². The van der Waals surface area contributed by atoms with Crippen LogP contribution in [0, 0.1) is 11.8 Å². The van der Waals surface area contributed by atoms with Gasteiger partial charge in [0.15, 0.2) is 0 Å². The number of carbonyl (C=O) groups excluding carboxylic acids is 2. The van der Waals surface area contributed by atoms with Gasteiger partial charge in [-0.25, -0.2) is 0 Å². The van der Waals surface area contributed by atoms with Crippen molar-refractivity contribution in [1.82, 2.24) is 4.90 Å². The minimum atomic E-state index is -0.217. The van der Waals surface area contributed by atoms with Crippen LogP contribution in [0.4, 0.5) is 0 Å². The second kappa shape index (κ2) is 22.7. The van der Waals surface area contributed by atoms with E-state index in [0.29, 0.717) is 18.4 Å². The Morgan fingerprint density at radius 2 is 1.12 bits per heavy atom. The van der Waals surface area contributed by atoms with E-state index in [1.807, 2.05) is 0 Å². The van der Waals surface area contributed by atoms with Gasteiger partial charge in [0.1, 0.15) is 0 Å². The molecule has 0 radical (unpaired) electrons. The predicted octanol–water partition coefficient (Wildman–Crippen LogP) is 8.32. The van der Waals surface area contributed by atoms with Crippen molar-refractivity contribution < 1.29 is 14.3 Å². The standard InChI is InChI=1S/C29H57NO3/c1-6-11-14-15-16-17-18-23-33-29(32)22-21-28(31)30(24-26(9-4)19-12-7-2)25-27(10-5)20-13-8-3/h26-27H,6-25H2,1-5H3. The topological polar surface area (TPSA) is 46.6 Å². The number of rotatable bonds is 23. The fourth-order valence-electron chi connectivity index (χ4n) is 4.42. The molecule has 0 fully saturated rings. The Morgan fingerprint density at radius 3 is 1.61 bits per heavy atom. The Bertz CT molecular complexity index is 448. The fourth-order valence-corrected chi connectivity index (χ4v) is 4.42. The van der Waals surface area contributed by atoms with Crippen LogP contribution in [-0.2, 0) is 14.3 Å². The van der Waals surface area contributed by atoms with E-state index in [1.54, 1.807) is 0 Å². The summed E-state index contributed by atoms with van der Waals surface area (Å²) in [7, 11) is 0. The first kappa shape index (κ1) is 31.9. The SMILES string of the molecule is CCCCCCCCCOC(=O)CCC(=O)N(CC(CC)CCCC)CC(CC)CCCC. The maximum Gasteiger partial charge on any atom is 0.306 e. The van der Waals surface area contributed by atoms with Crippen LogP contribution in [0.2, 0.25) is 0 Å². The first-order chi connectivity index (χ1) is 16.0. The highest BCUT2D eigenvalue weighted by atomic mass is 16.5. The molecule has 4 heteroatoms. The van der Waals surface area contributed by atoms with Crippen LogP contribution in [0.15, 0.2) is 0 Å². The van der Waals surface area contributed by atoms with E-state index in [-0.39, 0.29) is 24.7 Å². The summed E-state index contributed by atoms with van der Waals surface area (Å²) in [5.41, 5.74) is 0. The lowest BCUT2D eigenvalue weighted by atomic mass is 9.95. The molecule has 0 aromatic heterocycles. The van der Waals surface area contributed by atoms with Gasteiger partial charge in [-0.3, -0.25) is 9.59 Å². The molecule has 0 rings (SSSR count). The number of carbonyl (C=O) groups is 2. The van der Waals surface area contributed by atoms with Crippen molar-refractivity contribution >= 4 is 11.9 Å². The second-order valence-corrected chi connectivity index (χ2v) is 9.97. The van der Waals surface area contributed by atoms with Crippen molar-refractivity contribution in [2.24, 2.45) is 11.8 Å². The Balaban J connectivity index is 4.54. The maximum absolute atomic E-state index is 13.1. The van der Waals surface area contributed by atoms with Crippen LogP contribution in [0.5, 0.6) is 0 Å². The summed E-state index contributed by atoms with van der Waals surface area (Å²) in [6.07, 6.45) is 18.4. The molecule has 4 nitrogen and oxygen atoms in total. The number of esters is 1. The van der Waals surface area contributed by atoms with Gasteiger partial charge in [0.25, 0.3) is 0 Å². The highest BCUT2D eigenvalue weighted by Crippen LogP contribution is 2.20. The predicted molar refractivity (Wildman–Crippen MR) is 141 cm³/mol. The number of hydrogen-bond acceptors (Lipinski definition) is 3. The van der Waals surface area contributed by atoms with Gasteiger partial charge in [-0.15, -0.1) is 0 Å². The molecule has 0 aromatic rings. The number of ether oxygens (including phenoxy) is 1. The lowest BCUT2D eigenvalue weighted by Crippen LogP contribution is -2.39. The van der Waals surface area contributed by atoms with E-state index in [4.69, 9.17) is 4.74 Å². The smallest absolute Gasteiger partial charge is 0.306 e. The normalized spacial score (nSPS) is 13.0. The summed E-state index contributed by atoms with van der Waals surface area (Å²) < 4.78 is 5.40. The van der Waals surface area contributed by atoms with Crippen LogP contribution in [0.25, 0.3) is 0 Å². The zero-order valence-corrected chi connectivity index (χ0v) is 23.0. The first-order valence-corrected chi connectivity index (χ1v) is 14.4. The number of nitrogens with zero attached hydrogens (tertiary/aromatic N) is 1. The van der Waals surface area contributed by atoms with Gasteiger partial charge in [-0.1, -0.05) is 112 Å². The third kappa shape index (κ3) is 18.0. The lowest BCUT2D eigenvalue weighted by Gasteiger charge is -2.31. The summed E-state index contributed by atoms with van der Waals surface area (Å²) in [5, 5.41) is 0. The summed E-state index contributed by atoms with van der Waals surface area (Å²) in [6.45, 7) is 13.3. The van der Waals surface area contributed by atoms with Gasteiger partial charge in [-0.05, 0) is 31.1 Å². The van der Waals surface area contributed by atoms with Crippen LogP contribution in [-0.4, -0.2) is 36.5 Å². The molecule has 33 heavy (non-hydrogen) atoms. The van der Waals surface area contributed by atoms with Gasteiger partial charge in [0.05, 0.1) is 13.0 Å². The van der Waals surface area contributed by atoms with Crippen molar-refractivity contribution in [3.8, 4) is 0 Å². The minimum Gasteiger partial charge on any atom is -0.466 e. The van der Waals surface area contributed by atoms with Gasteiger partial charge >= 0.3 is 5.97 Å². The van der Waals surface area contributed by atoms with E-state index >= 15 is 0 Å². The summed E-state index contributed by atoms with van der Waals surface area (Å²) in [4.78, 5) is 27.4.